The lowest BCUT2D eigenvalue weighted by Crippen LogP contribution is -2.37. The van der Waals surface area contributed by atoms with Gasteiger partial charge in [0.2, 0.25) is 10.0 Å². The van der Waals surface area contributed by atoms with Crippen LogP contribution in [0.1, 0.15) is 24.8 Å². The molecule has 2 rings (SSSR count). The number of hydrogen-bond donors (Lipinski definition) is 1. The van der Waals surface area contributed by atoms with Crippen molar-refractivity contribution in [2.75, 3.05) is 0 Å². The summed E-state index contributed by atoms with van der Waals surface area (Å²) in [4.78, 5) is 10.0. The molecular formula is C13H15N3O4S. The Morgan fingerprint density at radius 1 is 1.43 bits per heavy atom. The minimum atomic E-state index is -3.88. The van der Waals surface area contributed by atoms with E-state index in [1.165, 1.54) is 12.1 Å². The topological polar surface area (TPSA) is 113 Å². The average Bonchev–Trinajstić information content (AvgIpc) is 2.85. The molecule has 2 unspecified atom stereocenters. The third-order valence-electron chi connectivity index (χ3n) is 3.66. The van der Waals surface area contributed by atoms with E-state index in [0.29, 0.717) is 18.4 Å². The van der Waals surface area contributed by atoms with E-state index in [-0.39, 0.29) is 16.5 Å². The number of nitro groups is 1. The van der Waals surface area contributed by atoms with E-state index in [0.717, 1.165) is 12.5 Å². The molecule has 0 aromatic heterocycles. The Balaban J connectivity index is 2.34. The quantitative estimate of drug-likeness (QED) is 0.673. The van der Waals surface area contributed by atoms with Gasteiger partial charge in [-0.3, -0.25) is 10.1 Å². The van der Waals surface area contributed by atoms with Crippen LogP contribution in [0.5, 0.6) is 0 Å². The van der Waals surface area contributed by atoms with Crippen molar-refractivity contribution in [3.05, 3.63) is 33.9 Å². The molecule has 1 fully saturated rings. The Hall–Kier alpha value is -1.98. The van der Waals surface area contributed by atoms with Gasteiger partial charge < -0.3 is 0 Å². The van der Waals surface area contributed by atoms with Crippen molar-refractivity contribution in [2.45, 2.75) is 37.1 Å². The highest BCUT2D eigenvalue weighted by Crippen LogP contribution is 2.28. The zero-order valence-corrected chi connectivity index (χ0v) is 12.3. The van der Waals surface area contributed by atoms with Crippen LogP contribution in [0.15, 0.2) is 23.1 Å². The summed E-state index contributed by atoms with van der Waals surface area (Å²) in [7, 11) is -3.88. The van der Waals surface area contributed by atoms with Gasteiger partial charge in [-0.1, -0.05) is 12.5 Å². The van der Waals surface area contributed by atoms with Crippen molar-refractivity contribution in [3.63, 3.8) is 0 Å². The molecule has 0 saturated heterocycles. The molecule has 1 aliphatic carbocycles. The van der Waals surface area contributed by atoms with Crippen molar-refractivity contribution in [1.82, 2.24) is 4.72 Å². The summed E-state index contributed by atoms with van der Waals surface area (Å²) in [5, 5.41) is 19.8. The van der Waals surface area contributed by atoms with Crippen LogP contribution in [-0.2, 0) is 10.0 Å². The van der Waals surface area contributed by atoms with Gasteiger partial charge in [0.05, 0.1) is 21.8 Å². The van der Waals surface area contributed by atoms with Gasteiger partial charge in [-0.25, -0.2) is 13.1 Å². The van der Waals surface area contributed by atoms with Gasteiger partial charge in [0.15, 0.2) is 0 Å². The fourth-order valence-corrected chi connectivity index (χ4v) is 4.09. The third-order valence-corrected chi connectivity index (χ3v) is 5.29. The Morgan fingerprint density at radius 2 is 2.14 bits per heavy atom. The molecule has 0 amide bonds. The van der Waals surface area contributed by atoms with E-state index in [4.69, 9.17) is 5.26 Å². The van der Waals surface area contributed by atoms with Gasteiger partial charge in [0, 0.05) is 18.2 Å². The van der Waals surface area contributed by atoms with Gasteiger partial charge in [-0.15, -0.1) is 0 Å². The molecule has 0 heterocycles. The van der Waals surface area contributed by atoms with E-state index in [1.807, 2.05) is 0 Å². The molecular weight excluding hydrogens is 294 g/mol. The number of rotatable bonds is 4. The van der Waals surface area contributed by atoms with E-state index < -0.39 is 21.0 Å². The molecule has 112 valence electrons. The number of nitro benzene ring substituents is 1. The molecule has 0 radical (unpaired) electrons. The van der Waals surface area contributed by atoms with Crippen molar-refractivity contribution in [2.24, 2.45) is 5.92 Å². The lowest BCUT2D eigenvalue weighted by Gasteiger charge is -2.16. The maximum atomic E-state index is 12.4. The van der Waals surface area contributed by atoms with Gasteiger partial charge >= 0.3 is 0 Å². The average molecular weight is 309 g/mol. The van der Waals surface area contributed by atoms with Crippen LogP contribution < -0.4 is 4.72 Å². The summed E-state index contributed by atoms with van der Waals surface area (Å²) in [6.45, 7) is 1.58. The van der Waals surface area contributed by atoms with Gasteiger partial charge in [0.25, 0.3) is 5.69 Å². The Bertz CT molecular complexity index is 709. The van der Waals surface area contributed by atoms with Crippen LogP contribution in [-0.4, -0.2) is 19.4 Å². The highest BCUT2D eigenvalue weighted by atomic mass is 32.2. The summed E-state index contributed by atoms with van der Waals surface area (Å²) >= 11 is 0. The van der Waals surface area contributed by atoms with E-state index in [9.17, 15) is 18.5 Å². The smallest absolute Gasteiger partial charge is 0.258 e. The minimum Gasteiger partial charge on any atom is -0.258 e. The Morgan fingerprint density at radius 3 is 2.76 bits per heavy atom. The van der Waals surface area contributed by atoms with Crippen molar-refractivity contribution >= 4 is 15.7 Å². The Labute approximate surface area is 122 Å². The first kappa shape index (κ1) is 15.4. The van der Waals surface area contributed by atoms with Gasteiger partial charge in [-0.05, 0) is 25.3 Å². The van der Waals surface area contributed by atoms with Crippen LogP contribution in [0.4, 0.5) is 5.69 Å². The summed E-state index contributed by atoms with van der Waals surface area (Å²) in [5.74, 6) is -0.348. The van der Waals surface area contributed by atoms with Crippen molar-refractivity contribution < 1.29 is 13.3 Å². The fourth-order valence-electron chi connectivity index (χ4n) is 2.51. The van der Waals surface area contributed by atoms with E-state index in [1.54, 1.807) is 6.92 Å². The molecule has 1 N–H and O–H groups in total. The van der Waals surface area contributed by atoms with E-state index >= 15 is 0 Å². The molecule has 1 aromatic carbocycles. The molecule has 21 heavy (non-hydrogen) atoms. The lowest BCUT2D eigenvalue weighted by molar-refractivity contribution is -0.385. The highest BCUT2D eigenvalue weighted by molar-refractivity contribution is 7.89. The monoisotopic (exact) mass is 309 g/mol. The minimum absolute atomic E-state index is 0.111. The van der Waals surface area contributed by atoms with Crippen molar-refractivity contribution in [3.8, 4) is 6.07 Å². The first-order valence-electron chi connectivity index (χ1n) is 6.52. The van der Waals surface area contributed by atoms with E-state index in [2.05, 4.69) is 10.8 Å². The molecule has 7 nitrogen and oxygen atoms in total. The largest absolute Gasteiger partial charge is 0.270 e. The van der Waals surface area contributed by atoms with Crippen LogP contribution in [0.2, 0.25) is 0 Å². The summed E-state index contributed by atoms with van der Waals surface area (Å²) < 4.78 is 27.3. The van der Waals surface area contributed by atoms with Crippen molar-refractivity contribution in [1.29, 1.82) is 5.26 Å². The molecule has 0 spiro atoms. The second kappa shape index (κ2) is 5.79. The third kappa shape index (κ3) is 3.20. The summed E-state index contributed by atoms with van der Waals surface area (Å²) in [6.07, 6.45) is 2.06. The normalized spacial score (nSPS) is 21.9. The van der Waals surface area contributed by atoms with Crippen LogP contribution in [0.25, 0.3) is 0 Å². The number of sulfonamides is 1. The number of nitrogens with zero attached hydrogens (tertiary/aromatic N) is 2. The van der Waals surface area contributed by atoms with Gasteiger partial charge in [-0.2, -0.15) is 5.26 Å². The number of nitriles is 1. The zero-order chi connectivity index (χ0) is 15.6. The van der Waals surface area contributed by atoms with Gasteiger partial charge in [0.1, 0.15) is 0 Å². The second-order valence-electron chi connectivity index (χ2n) is 5.10. The predicted octanol–water partition coefficient (Wildman–Crippen LogP) is 1.87. The number of hydrogen-bond acceptors (Lipinski definition) is 5. The number of nitrogens with one attached hydrogen (secondary N) is 1. The SMILES string of the molecule is Cc1ccc([N+](=O)[O-])cc1S(=O)(=O)NC1CCCC1C#N. The molecule has 2 atom stereocenters. The second-order valence-corrected chi connectivity index (χ2v) is 6.78. The number of benzene rings is 1. The predicted molar refractivity (Wildman–Crippen MR) is 74.9 cm³/mol. The highest BCUT2D eigenvalue weighted by Gasteiger charge is 2.32. The molecule has 1 saturated carbocycles. The van der Waals surface area contributed by atoms with Crippen LogP contribution >= 0.6 is 0 Å². The number of non-ortho nitro benzene ring substituents is 1. The molecule has 1 aromatic rings. The summed E-state index contributed by atoms with van der Waals surface area (Å²) in [5.41, 5.74) is 0.156. The molecule has 1 aliphatic rings. The van der Waals surface area contributed by atoms with Crippen LogP contribution in [0.3, 0.4) is 0 Å². The first-order chi connectivity index (χ1) is 9.85. The fraction of sp³-hybridized carbons (Fsp3) is 0.462. The maximum absolute atomic E-state index is 12.4. The molecule has 0 aliphatic heterocycles. The maximum Gasteiger partial charge on any atom is 0.270 e. The summed E-state index contributed by atoms with van der Waals surface area (Å²) in [6, 6.07) is 5.39. The van der Waals surface area contributed by atoms with Crippen LogP contribution in [0, 0.1) is 34.3 Å². The number of aryl methyl sites for hydroxylation is 1. The molecule has 8 heteroatoms. The first-order valence-corrected chi connectivity index (χ1v) is 8.00. The molecule has 0 bridgehead atoms. The lowest BCUT2D eigenvalue weighted by atomic mass is 10.1. The Kier molecular flexibility index (Phi) is 4.25. The standard InChI is InChI=1S/C13H15N3O4S/c1-9-5-6-11(16(17)18)7-13(9)21(19,20)15-12-4-2-3-10(12)8-14/h5-7,10,12,15H,2-4H2,1H3. The zero-order valence-electron chi connectivity index (χ0n) is 11.4.